The zero-order valence-electron chi connectivity index (χ0n) is 30.6. The lowest BCUT2D eigenvalue weighted by Gasteiger charge is -2.35. The lowest BCUT2D eigenvalue weighted by atomic mass is 9.58. The Kier molecular flexibility index (Phi) is 8.43. The molecule has 0 aromatic rings. The van der Waals surface area contributed by atoms with Crippen molar-refractivity contribution in [1.82, 2.24) is 5.32 Å². The monoisotopic (exact) mass is 702 g/mol. The number of ether oxygens (including phenoxy) is 1. The molecule has 264 valence electrons. The van der Waals surface area contributed by atoms with Crippen molar-refractivity contribution in [3.63, 3.8) is 0 Å². The smallest absolute Gasteiger partial charge is 0.305 e. The van der Waals surface area contributed by atoms with Gasteiger partial charge in [0, 0.05) is 65.6 Å². The number of nitrogens with one attached hydrogen (secondary N) is 1. The second-order valence-electron chi connectivity index (χ2n) is 14.5. The molecule has 53 heavy (non-hydrogen) atoms. The molecule has 11 heteroatoms. The van der Waals surface area contributed by atoms with Gasteiger partial charge in [0.1, 0.15) is 5.76 Å². The van der Waals surface area contributed by atoms with E-state index in [0.29, 0.717) is 42.0 Å². The third-order valence-electron chi connectivity index (χ3n) is 11.9. The number of methoxy groups -OCH3 is 1. The van der Waals surface area contributed by atoms with Gasteiger partial charge in [-0.15, -0.1) is 0 Å². The van der Waals surface area contributed by atoms with Crippen LogP contribution >= 0.6 is 0 Å². The van der Waals surface area contributed by atoms with Gasteiger partial charge >= 0.3 is 5.97 Å². The first kappa shape index (κ1) is 35.1. The largest absolute Gasteiger partial charge is 0.511 e. The number of aliphatic hydroxyl groups excluding tert-OH is 1. The van der Waals surface area contributed by atoms with E-state index < -0.39 is 10.8 Å². The van der Waals surface area contributed by atoms with Crippen LogP contribution in [0.3, 0.4) is 0 Å². The van der Waals surface area contributed by atoms with Crippen LogP contribution in [0.25, 0.3) is 0 Å². The molecule has 7 rings (SSSR count). The van der Waals surface area contributed by atoms with Gasteiger partial charge in [0.25, 0.3) is 0 Å². The molecule has 8 bridgehead atoms. The van der Waals surface area contributed by atoms with Crippen LogP contribution in [0.1, 0.15) is 73.1 Å². The molecule has 0 saturated carbocycles. The Morgan fingerprint density at radius 1 is 0.943 bits per heavy atom. The third-order valence-corrected chi connectivity index (χ3v) is 11.9. The molecular formula is C42H38N8O3. The minimum absolute atomic E-state index is 0.0723. The van der Waals surface area contributed by atoms with Crippen LogP contribution in [-0.4, -0.2) is 35.3 Å². The molecule has 0 radical (unpaired) electrons. The Labute approximate surface area is 308 Å². The summed E-state index contributed by atoms with van der Waals surface area (Å²) in [6, 6.07) is 8.08. The molecule has 11 nitrogen and oxygen atoms in total. The van der Waals surface area contributed by atoms with Gasteiger partial charge in [-0.3, -0.25) is 4.79 Å². The van der Waals surface area contributed by atoms with Crippen LogP contribution < -0.4 is 5.32 Å². The van der Waals surface area contributed by atoms with Crippen molar-refractivity contribution < 1.29 is 14.6 Å². The normalized spacial score (nSPS) is 25.0. The molecule has 2 N–H and O–H groups in total. The summed E-state index contributed by atoms with van der Waals surface area (Å²) < 4.78 is 5.00. The quantitative estimate of drug-likeness (QED) is 0.277. The van der Waals surface area contributed by atoms with Gasteiger partial charge in [-0.25, -0.2) is 15.0 Å². The van der Waals surface area contributed by atoms with Crippen molar-refractivity contribution in [2.24, 2.45) is 37.6 Å². The van der Waals surface area contributed by atoms with Crippen LogP contribution in [0.5, 0.6) is 0 Å². The highest BCUT2D eigenvalue weighted by Gasteiger charge is 2.57. The highest BCUT2D eigenvalue weighted by atomic mass is 16.5. The molecule has 0 aromatic heterocycles. The number of carbonyl (C=O) groups is 1. The van der Waals surface area contributed by atoms with Gasteiger partial charge in [-0.05, 0) is 79.7 Å². The predicted octanol–water partition coefficient (Wildman–Crippen LogP) is 7.40. The maximum absolute atomic E-state index is 12.4. The topological polar surface area (TPSA) is 191 Å². The Balaban J connectivity index is 1.47. The summed E-state index contributed by atoms with van der Waals surface area (Å²) in [5.41, 5.74) is 9.02. The average molecular weight is 703 g/mol. The number of esters is 1. The molecule has 0 unspecified atom stereocenters. The molecule has 5 aliphatic heterocycles. The van der Waals surface area contributed by atoms with E-state index in [1.165, 1.54) is 7.11 Å². The van der Waals surface area contributed by atoms with Crippen molar-refractivity contribution in [3.05, 3.63) is 103 Å². The van der Waals surface area contributed by atoms with Crippen molar-refractivity contribution in [3.8, 4) is 24.3 Å². The standard InChI is InChI=1S/C42H38N8O3/c1-7-26-21(2)29-15-34-37(25-10-11-41(17-43,18-44)42(16-25,19-45)20-46)23(4)31(48-34)13-30-22(3)27(8-9-36(52)53-6)39(49-30)28-12-35(51)38-24(5)32(50-40(28)38)14-33(26)47-29/h10,13-15,22,27,49,51H,7-9,11-12,16H2,1-6H3/t22-,27-/m0/s1. The molecule has 1 fully saturated rings. The van der Waals surface area contributed by atoms with E-state index in [2.05, 4.69) is 19.2 Å². The molecule has 0 spiro atoms. The SMILES string of the molecule is CCC1=C(C)C2=NC1=CC1=C(C)C3=C(O)CC(=C4NC(=CC5=NC(=C2)C(C2=CCC(C#N)(C#N)C(C#N)(C#N)C2)=C5C)[C@@H](C)[C@@H]4CCC(=O)OC)C3=N1. The van der Waals surface area contributed by atoms with E-state index in [9.17, 15) is 30.9 Å². The van der Waals surface area contributed by atoms with E-state index >= 15 is 0 Å². The fourth-order valence-electron chi connectivity index (χ4n) is 8.64. The Hall–Kier alpha value is -6.30. The fourth-order valence-corrected chi connectivity index (χ4v) is 8.64. The summed E-state index contributed by atoms with van der Waals surface area (Å²) in [6.07, 6.45) is 9.25. The van der Waals surface area contributed by atoms with E-state index in [0.717, 1.165) is 67.5 Å². The van der Waals surface area contributed by atoms with E-state index in [1.807, 2.05) is 63.3 Å². The summed E-state index contributed by atoms with van der Waals surface area (Å²) >= 11 is 0. The lowest BCUT2D eigenvalue weighted by molar-refractivity contribution is -0.140. The summed E-state index contributed by atoms with van der Waals surface area (Å²) in [4.78, 5) is 27.7. The number of nitriles is 4. The van der Waals surface area contributed by atoms with Crippen LogP contribution in [0, 0.1) is 68.0 Å². The molecule has 0 amide bonds. The maximum atomic E-state index is 12.4. The fraction of sp³-hybridized carbons (Fsp3) is 0.381. The lowest BCUT2D eigenvalue weighted by Crippen LogP contribution is -2.41. The van der Waals surface area contributed by atoms with Gasteiger partial charge in [-0.2, -0.15) is 21.0 Å². The minimum Gasteiger partial charge on any atom is -0.511 e. The first-order valence-electron chi connectivity index (χ1n) is 17.8. The maximum Gasteiger partial charge on any atom is 0.305 e. The molecule has 2 atom stereocenters. The Bertz CT molecular complexity index is 2360. The Morgan fingerprint density at radius 2 is 1.62 bits per heavy atom. The molecule has 7 aliphatic rings. The Morgan fingerprint density at radius 3 is 2.28 bits per heavy atom. The number of hydrogen-bond acceptors (Lipinski definition) is 11. The summed E-state index contributed by atoms with van der Waals surface area (Å²) in [5, 5.41) is 55.8. The number of allylic oxidation sites excluding steroid dienone is 13. The van der Waals surface area contributed by atoms with Crippen LogP contribution in [0.4, 0.5) is 0 Å². The number of aliphatic imine (C=N–C) groups is 3. The number of fused-ring (bicyclic) bond motifs is 5. The van der Waals surface area contributed by atoms with Gasteiger partial charge in [0.05, 0.1) is 65.6 Å². The second kappa shape index (κ2) is 12.7. The third kappa shape index (κ3) is 5.11. The van der Waals surface area contributed by atoms with Gasteiger partial charge < -0.3 is 15.2 Å². The van der Waals surface area contributed by atoms with Gasteiger partial charge in [0.15, 0.2) is 10.8 Å². The van der Waals surface area contributed by atoms with Crippen molar-refractivity contribution >= 4 is 23.1 Å². The van der Waals surface area contributed by atoms with Gasteiger partial charge in [0.2, 0.25) is 0 Å². The molecular weight excluding hydrogens is 665 g/mol. The van der Waals surface area contributed by atoms with Gasteiger partial charge in [-0.1, -0.05) is 19.9 Å². The zero-order valence-corrected chi connectivity index (χ0v) is 30.6. The number of carbonyl (C=O) groups excluding carboxylic acids is 1. The number of rotatable bonds is 5. The van der Waals surface area contributed by atoms with Crippen LogP contribution in [0.2, 0.25) is 0 Å². The average Bonchev–Trinajstić information content (AvgIpc) is 3.92. The molecule has 1 saturated heterocycles. The number of nitrogens with zero attached hydrogens (tertiary/aromatic N) is 7. The molecule has 0 aromatic carbocycles. The van der Waals surface area contributed by atoms with Crippen LogP contribution in [0.15, 0.2) is 118 Å². The van der Waals surface area contributed by atoms with Crippen molar-refractivity contribution in [2.45, 2.75) is 73.1 Å². The molecule has 2 aliphatic carbocycles. The van der Waals surface area contributed by atoms with Crippen molar-refractivity contribution in [1.29, 1.82) is 21.0 Å². The van der Waals surface area contributed by atoms with Crippen molar-refractivity contribution in [2.75, 3.05) is 7.11 Å². The first-order valence-corrected chi connectivity index (χ1v) is 17.8. The molecule has 5 heterocycles. The highest BCUT2D eigenvalue weighted by molar-refractivity contribution is 6.21. The van der Waals surface area contributed by atoms with Crippen LogP contribution in [-0.2, 0) is 9.53 Å². The number of hydrogen-bond donors (Lipinski definition) is 2. The predicted molar refractivity (Wildman–Crippen MR) is 198 cm³/mol. The second-order valence-corrected chi connectivity index (χ2v) is 14.5. The number of aliphatic hydroxyl groups is 1. The minimum atomic E-state index is -1.89. The van der Waals surface area contributed by atoms with E-state index in [1.54, 1.807) is 6.08 Å². The van der Waals surface area contributed by atoms with E-state index in [4.69, 9.17) is 19.7 Å². The van der Waals surface area contributed by atoms with E-state index in [-0.39, 0.29) is 42.8 Å². The summed E-state index contributed by atoms with van der Waals surface area (Å²) in [6.45, 7) is 10.1. The first-order chi connectivity index (χ1) is 25.4. The highest BCUT2D eigenvalue weighted by Crippen LogP contribution is 2.53. The zero-order chi connectivity index (χ0) is 38.0. The summed E-state index contributed by atoms with van der Waals surface area (Å²) in [5.74, 6) is -0.226. The summed E-state index contributed by atoms with van der Waals surface area (Å²) in [7, 11) is 1.38.